The number of benzene rings is 2. The molecule has 2 aromatic carbocycles. The van der Waals surface area contributed by atoms with Crippen LogP contribution in [-0.4, -0.2) is 46.9 Å². The minimum absolute atomic E-state index is 0. The molecule has 1 saturated heterocycles. The quantitative estimate of drug-likeness (QED) is 0.319. The van der Waals surface area contributed by atoms with E-state index in [9.17, 15) is 0 Å². The number of anilines is 1. The molecule has 4 rings (SSSR count). The maximum absolute atomic E-state index is 4.37. The van der Waals surface area contributed by atoms with Crippen LogP contribution >= 0.6 is 24.0 Å². The van der Waals surface area contributed by atoms with Crippen LogP contribution in [-0.2, 0) is 6.54 Å². The standard InChI is InChI=1S/C21H25N7.HI/c1-22-21(25-17-12-13-27(15-17)18-8-4-2-5-9-18)23-14-20-26-24-16-28(20)19-10-6-3-7-11-19;/h2-11,16-17H,12-15H2,1H3,(H2,22,23,25);1H. The number of para-hydroxylation sites is 2. The Morgan fingerprint density at radius 1 is 1.07 bits per heavy atom. The van der Waals surface area contributed by atoms with Crippen LogP contribution < -0.4 is 15.5 Å². The molecule has 1 aromatic heterocycles. The maximum atomic E-state index is 4.37. The van der Waals surface area contributed by atoms with E-state index in [1.54, 1.807) is 13.4 Å². The molecule has 1 unspecified atom stereocenters. The van der Waals surface area contributed by atoms with E-state index in [-0.39, 0.29) is 24.0 Å². The molecule has 0 aliphatic carbocycles. The van der Waals surface area contributed by atoms with Gasteiger partial charge in [-0.2, -0.15) is 0 Å². The molecule has 152 valence electrons. The lowest BCUT2D eigenvalue weighted by Crippen LogP contribution is -2.44. The maximum Gasteiger partial charge on any atom is 0.191 e. The van der Waals surface area contributed by atoms with Crippen LogP contribution in [0, 0.1) is 0 Å². The highest BCUT2D eigenvalue weighted by molar-refractivity contribution is 14.0. The van der Waals surface area contributed by atoms with Gasteiger partial charge in [-0.15, -0.1) is 34.2 Å². The van der Waals surface area contributed by atoms with E-state index in [1.165, 1.54) is 5.69 Å². The van der Waals surface area contributed by atoms with Crippen molar-refractivity contribution in [1.82, 2.24) is 25.4 Å². The number of rotatable bonds is 5. The van der Waals surface area contributed by atoms with Crippen molar-refractivity contribution in [2.24, 2.45) is 4.99 Å². The van der Waals surface area contributed by atoms with Crippen LogP contribution in [0.15, 0.2) is 72.0 Å². The van der Waals surface area contributed by atoms with Gasteiger partial charge in [-0.25, -0.2) is 0 Å². The van der Waals surface area contributed by atoms with E-state index in [0.717, 1.165) is 37.0 Å². The molecule has 7 nitrogen and oxygen atoms in total. The van der Waals surface area contributed by atoms with Crippen molar-refractivity contribution in [2.75, 3.05) is 25.0 Å². The lowest BCUT2D eigenvalue weighted by atomic mass is 10.3. The third kappa shape index (κ3) is 5.26. The van der Waals surface area contributed by atoms with Gasteiger partial charge in [-0.05, 0) is 30.7 Å². The third-order valence-electron chi connectivity index (χ3n) is 4.94. The summed E-state index contributed by atoms with van der Waals surface area (Å²) in [6.07, 6.45) is 2.81. The van der Waals surface area contributed by atoms with Crippen molar-refractivity contribution in [3.8, 4) is 5.69 Å². The second kappa shape index (κ2) is 10.2. The summed E-state index contributed by atoms with van der Waals surface area (Å²) in [7, 11) is 1.79. The summed E-state index contributed by atoms with van der Waals surface area (Å²) in [5.74, 6) is 1.62. The van der Waals surface area contributed by atoms with Gasteiger partial charge in [-0.3, -0.25) is 9.56 Å². The highest BCUT2D eigenvalue weighted by atomic mass is 127. The first-order valence-electron chi connectivity index (χ1n) is 9.55. The summed E-state index contributed by atoms with van der Waals surface area (Å²) >= 11 is 0. The van der Waals surface area contributed by atoms with E-state index in [2.05, 4.69) is 61.1 Å². The molecule has 1 fully saturated rings. The fourth-order valence-electron chi connectivity index (χ4n) is 3.49. The fraction of sp³-hybridized carbons (Fsp3) is 0.286. The average molecular weight is 503 g/mol. The van der Waals surface area contributed by atoms with E-state index >= 15 is 0 Å². The van der Waals surface area contributed by atoms with Crippen molar-refractivity contribution >= 4 is 35.6 Å². The number of hydrogen-bond acceptors (Lipinski definition) is 4. The highest BCUT2D eigenvalue weighted by Gasteiger charge is 2.23. The van der Waals surface area contributed by atoms with Crippen LogP contribution in [0.3, 0.4) is 0 Å². The second-order valence-corrected chi connectivity index (χ2v) is 6.79. The van der Waals surface area contributed by atoms with E-state index in [4.69, 9.17) is 0 Å². The van der Waals surface area contributed by atoms with Gasteiger partial charge < -0.3 is 15.5 Å². The zero-order valence-corrected chi connectivity index (χ0v) is 18.7. The summed E-state index contributed by atoms with van der Waals surface area (Å²) in [6, 6.07) is 21.0. The van der Waals surface area contributed by atoms with E-state index in [0.29, 0.717) is 12.6 Å². The molecule has 2 N–H and O–H groups in total. The largest absolute Gasteiger partial charge is 0.369 e. The van der Waals surface area contributed by atoms with Gasteiger partial charge in [0.15, 0.2) is 11.8 Å². The number of aliphatic imine (C=N–C) groups is 1. The topological polar surface area (TPSA) is 70.4 Å². The monoisotopic (exact) mass is 503 g/mol. The molecule has 0 bridgehead atoms. The lowest BCUT2D eigenvalue weighted by molar-refractivity contribution is 0.643. The van der Waals surface area contributed by atoms with Gasteiger partial charge in [0.25, 0.3) is 0 Å². The molecule has 1 atom stereocenters. The summed E-state index contributed by atoms with van der Waals surface area (Å²) in [5.41, 5.74) is 2.31. The van der Waals surface area contributed by atoms with Crippen molar-refractivity contribution in [3.05, 3.63) is 72.8 Å². The van der Waals surface area contributed by atoms with Crippen LogP contribution in [0.2, 0.25) is 0 Å². The van der Waals surface area contributed by atoms with Crippen molar-refractivity contribution < 1.29 is 0 Å². The number of halogens is 1. The van der Waals surface area contributed by atoms with Gasteiger partial charge in [0.2, 0.25) is 0 Å². The number of guanidine groups is 1. The zero-order chi connectivity index (χ0) is 19.2. The van der Waals surface area contributed by atoms with Crippen molar-refractivity contribution in [3.63, 3.8) is 0 Å². The number of aromatic nitrogens is 3. The Morgan fingerprint density at radius 3 is 2.45 bits per heavy atom. The van der Waals surface area contributed by atoms with Gasteiger partial charge in [0, 0.05) is 37.6 Å². The Morgan fingerprint density at radius 2 is 1.76 bits per heavy atom. The molecule has 2 heterocycles. The van der Waals surface area contributed by atoms with Crippen LogP contribution in [0.4, 0.5) is 5.69 Å². The Hall–Kier alpha value is -2.62. The SMILES string of the molecule is CN=C(NCc1nncn1-c1ccccc1)NC1CCN(c2ccccc2)C1.I. The Balaban J connectivity index is 0.00000240. The Bertz CT molecular complexity index is 911. The summed E-state index contributed by atoms with van der Waals surface area (Å²) in [5, 5.41) is 15.2. The normalized spacial score (nSPS) is 16.4. The smallest absolute Gasteiger partial charge is 0.191 e. The zero-order valence-electron chi connectivity index (χ0n) is 16.4. The molecule has 1 aliphatic rings. The molecule has 0 saturated carbocycles. The fourth-order valence-corrected chi connectivity index (χ4v) is 3.49. The predicted octanol–water partition coefficient (Wildman–Crippen LogP) is 2.83. The molecular formula is C21H26IN7. The van der Waals surface area contributed by atoms with E-state index < -0.39 is 0 Å². The molecule has 0 amide bonds. The first kappa shape index (κ1) is 21.1. The van der Waals surface area contributed by atoms with Crippen LogP contribution in [0.5, 0.6) is 0 Å². The third-order valence-corrected chi connectivity index (χ3v) is 4.94. The average Bonchev–Trinajstić information content (AvgIpc) is 3.42. The van der Waals surface area contributed by atoms with Crippen LogP contribution in [0.25, 0.3) is 5.69 Å². The Labute approximate surface area is 188 Å². The predicted molar refractivity (Wildman–Crippen MR) is 127 cm³/mol. The first-order valence-corrected chi connectivity index (χ1v) is 9.55. The van der Waals surface area contributed by atoms with Gasteiger partial charge >= 0.3 is 0 Å². The second-order valence-electron chi connectivity index (χ2n) is 6.79. The summed E-state index contributed by atoms with van der Waals surface area (Å²) in [4.78, 5) is 6.77. The molecule has 29 heavy (non-hydrogen) atoms. The Kier molecular flexibility index (Phi) is 7.45. The lowest BCUT2D eigenvalue weighted by Gasteiger charge is -2.20. The molecule has 1 aliphatic heterocycles. The van der Waals surface area contributed by atoms with Crippen molar-refractivity contribution in [1.29, 1.82) is 0 Å². The van der Waals surface area contributed by atoms with E-state index in [1.807, 2.05) is 34.9 Å². The number of nitrogens with one attached hydrogen (secondary N) is 2. The van der Waals surface area contributed by atoms with Crippen molar-refractivity contribution in [2.45, 2.75) is 19.0 Å². The van der Waals surface area contributed by atoms with Crippen LogP contribution in [0.1, 0.15) is 12.2 Å². The van der Waals surface area contributed by atoms with Gasteiger partial charge in [0.1, 0.15) is 6.33 Å². The molecule has 3 aromatic rings. The molecule has 8 heteroatoms. The summed E-state index contributed by atoms with van der Waals surface area (Å²) < 4.78 is 1.98. The minimum atomic E-state index is 0. The summed E-state index contributed by atoms with van der Waals surface area (Å²) in [6.45, 7) is 2.55. The minimum Gasteiger partial charge on any atom is -0.369 e. The number of nitrogens with zero attached hydrogens (tertiary/aromatic N) is 5. The molecular weight excluding hydrogens is 477 g/mol. The van der Waals surface area contributed by atoms with Gasteiger partial charge in [0.05, 0.1) is 6.54 Å². The first-order chi connectivity index (χ1) is 13.8. The molecule has 0 spiro atoms. The highest BCUT2D eigenvalue weighted by Crippen LogP contribution is 2.19. The molecule has 0 radical (unpaired) electrons. The van der Waals surface area contributed by atoms with Gasteiger partial charge in [-0.1, -0.05) is 36.4 Å². The number of hydrogen-bond donors (Lipinski definition) is 2.